The second-order valence-electron chi connectivity index (χ2n) is 6.69. The number of nitro benzene ring substituents is 1. The normalized spacial score (nSPS) is 10.7. The van der Waals surface area contributed by atoms with Crippen LogP contribution in [0.1, 0.15) is 12.5 Å². The Morgan fingerprint density at radius 2 is 1.75 bits per heavy atom. The predicted molar refractivity (Wildman–Crippen MR) is 133 cm³/mol. The zero-order chi connectivity index (χ0) is 27.5. The molecule has 0 aliphatic carbocycles. The molecule has 2 rings (SSSR count). The number of alkyl halides is 5. The van der Waals surface area contributed by atoms with E-state index in [-0.39, 0.29) is 40.5 Å². The molecule has 0 aliphatic rings. The van der Waals surface area contributed by atoms with Crippen molar-refractivity contribution in [3.8, 4) is 17.2 Å². The van der Waals surface area contributed by atoms with Crippen molar-refractivity contribution in [3.63, 3.8) is 0 Å². The Hall–Kier alpha value is -2.95. The summed E-state index contributed by atoms with van der Waals surface area (Å²) in [5, 5.41) is 10.7. The maximum atomic E-state index is 12.6. The minimum atomic E-state index is -4.52. The first kappa shape index (κ1) is 31.1. The van der Waals surface area contributed by atoms with Gasteiger partial charge in [0.25, 0.3) is 5.91 Å². The van der Waals surface area contributed by atoms with Crippen molar-refractivity contribution in [2.75, 3.05) is 19.7 Å². The third-order valence-electron chi connectivity index (χ3n) is 4.11. The van der Waals surface area contributed by atoms with Crippen LogP contribution < -0.4 is 9.47 Å². The molecular formula is C23H22Cl3F3N2O5. The highest BCUT2D eigenvalue weighted by Gasteiger charge is 2.31. The molecule has 0 saturated heterocycles. The third kappa shape index (κ3) is 9.60. The van der Waals surface area contributed by atoms with Crippen molar-refractivity contribution in [3.05, 3.63) is 82.4 Å². The molecule has 0 aromatic heterocycles. The Kier molecular flexibility index (Phi) is 12.6. The van der Waals surface area contributed by atoms with E-state index in [0.717, 1.165) is 18.2 Å². The van der Waals surface area contributed by atoms with Gasteiger partial charge in [-0.25, -0.2) is 0 Å². The van der Waals surface area contributed by atoms with Crippen LogP contribution in [0.4, 0.5) is 18.9 Å². The maximum absolute atomic E-state index is 12.6. The van der Waals surface area contributed by atoms with Crippen LogP contribution in [0, 0.1) is 10.1 Å². The molecule has 2 aromatic rings. The van der Waals surface area contributed by atoms with E-state index in [4.69, 9.17) is 44.3 Å². The molecule has 0 radical (unpaired) electrons. The van der Waals surface area contributed by atoms with Crippen LogP contribution in [0.15, 0.2) is 61.7 Å². The van der Waals surface area contributed by atoms with Gasteiger partial charge in [-0.15, -0.1) is 13.2 Å². The number of rotatable bonds is 10. The lowest BCUT2D eigenvalue weighted by atomic mass is 10.2. The Morgan fingerprint density at radius 1 is 1.14 bits per heavy atom. The van der Waals surface area contributed by atoms with Crippen molar-refractivity contribution >= 4 is 46.4 Å². The second kappa shape index (κ2) is 14.6. The van der Waals surface area contributed by atoms with E-state index in [1.807, 2.05) is 0 Å². The van der Waals surface area contributed by atoms with Gasteiger partial charge in [-0.1, -0.05) is 47.0 Å². The van der Waals surface area contributed by atoms with E-state index in [2.05, 4.69) is 13.2 Å². The van der Waals surface area contributed by atoms with Gasteiger partial charge in [0.2, 0.25) is 5.75 Å². The lowest BCUT2D eigenvalue weighted by Gasteiger charge is -2.19. The fourth-order valence-electron chi connectivity index (χ4n) is 2.57. The molecule has 196 valence electrons. The van der Waals surface area contributed by atoms with Crippen LogP contribution in [0.3, 0.4) is 0 Å². The molecule has 0 saturated carbocycles. The zero-order valence-corrected chi connectivity index (χ0v) is 21.2. The van der Waals surface area contributed by atoms with Gasteiger partial charge in [-0.3, -0.25) is 14.9 Å². The number of ether oxygens (including phenoxy) is 2. The maximum Gasteiger partial charge on any atom is 0.416 e. The largest absolute Gasteiger partial charge is 0.487 e. The van der Waals surface area contributed by atoms with Crippen molar-refractivity contribution in [1.82, 2.24) is 4.90 Å². The Morgan fingerprint density at radius 3 is 2.19 bits per heavy atom. The Labute approximate surface area is 220 Å². The van der Waals surface area contributed by atoms with Gasteiger partial charge in [-0.05, 0) is 31.2 Å². The van der Waals surface area contributed by atoms with Gasteiger partial charge in [0, 0.05) is 25.2 Å². The zero-order valence-electron chi connectivity index (χ0n) is 18.9. The number of hydrogen-bond donors (Lipinski definition) is 0. The summed E-state index contributed by atoms with van der Waals surface area (Å²) >= 11 is 16.6. The van der Waals surface area contributed by atoms with Crippen molar-refractivity contribution in [2.24, 2.45) is 0 Å². The first-order chi connectivity index (χ1) is 16.8. The first-order valence-electron chi connectivity index (χ1n) is 10.1. The molecule has 0 fully saturated rings. The number of carbonyl (C=O) groups excluding carboxylic acids is 1. The number of nitrogens with zero attached hydrogens (tertiary/aromatic N) is 2. The third-order valence-corrected chi connectivity index (χ3v) is 4.78. The van der Waals surface area contributed by atoms with E-state index in [1.54, 1.807) is 19.1 Å². The summed E-state index contributed by atoms with van der Waals surface area (Å²) in [6, 6.07) is 6.40. The lowest BCUT2D eigenvalue weighted by molar-refractivity contribution is -0.385. The predicted octanol–water partition coefficient (Wildman–Crippen LogP) is 7.45. The summed E-state index contributed by atoms with van der Waals surface area (Å²) in [6.45, 7) is 9.74. The minimum Gasteiger partial charge on any atom is -0.487 e. The van der Waals surface area contributed by atoms with Gasteiger partial charge in [-0.2, -0.15) is 13.2 Å². The molecule has 0 unspecified atom stereocenters. The average Bonchev–Trinajstić information content (AvgIpc) is 2.79. The standard InChI is InChI=1S/C15H11ClF3NO4.C8H11Cl2NO/c1-2-23-14-8-10(4-5-12(14)20(21)22)24-13-6-3-9(7-11(13)16)15(17,18)19;1-3-5-11(6-4-2)8(12)7(9)10/h3-8H,2H2,1H3;3-4,7H,1-2,5-6H2. The van der Waals surface area contributed by atoms with Crippen LogP contribution in [0.25, 0.3) is 0 Å². The summed E-state index contributed by atoms with van der Waals surface area (Å²) < 4.78 is 48.4. The van der Waals surface area contributed by atoms with Crippen molar-refractivity contribution < 1.29 is 32.4 Å². The summed E-state index contributed by atoms with van der Waals surface area (Å²) in [4.78, 5) is 21.9. The number of hydrogen-bond acceptors (Lipinski definition) is 5. The molecule has 0 heterocycles. The smallest absolute Gasteiger partial charge is 0.416 e. The van der Waals surface area contributed by atoms with E-state index in [9.17, 15) is 28.1 Å². The number of amides is 1. The van der Waals surface area contributed by atoms with E-state index in [0.29, 0.717) is 13.1 Å². The molecule has 0 spiro atoms. The van der Waals surface area contributed by atoms with Gasteiger partial charge in [0.05, 0.1) is 22.1 Å². The molecule has 13 heteroatoms. The molecule has 7 nitrogen and oxygen atoms in total. The van der Waals surface area contributed by atoms with Gasteiger partial charge in [0.15, 0.2) is 4.84 Å². The minimum absolute atomic E-state index is 0.0111. The molecule has 0 N–H and O–H groups in total. The van der Waals surface area contributed by atoms with Crippen LogP contribution >= 0.6 is 34.8 Å². The van der Waals surface area contributed by atoms with Gasteiger partial charge in [0.1, 0.15) is 11.5 Å². The van der Waals surface area contributed by atoms with E-state index in [1.165, 1.54) is 23.1 Å². The highest BCUT2D eigenvalue weighted by Crippen LogP contribution is 2.38. The van der Waals surface area contributed by atoms with Crippen LogP contribution in [0.5, 0.6) is 17.2 Å². The molecular weight excluding hydrogens is 548 g/mol. The molecule has 36 heavy (non-hydrogen) atoms. The lowest BCUT2D eigenvalue weighted by Crippen LogP contribution is -2.35. The molecule has 2 aromatic carbocycles. The van der Waals surface area contributed by atoms with Crippen LogP contribution in [-0.2, 0) is 11.0 Å². The number of nitro groups is 1. The number of halogens is 6. The fourth-order valence-corrected chi connectivity index (χ4v) is 3.07. The number of benzene rings is 2. The van der Waals surface area contributed by atoms with E-state index < -0.39 is 21.5 Å². The Bertz CT molecular complexity index is 1070. The molecule has 0 bridgehead atoms. The fraction of sp³-hybridized carbons (Fsp3) is 0.261. The first-order valence-corrected chi connectivity index (χ1v) is 11.3. The van der Waals surface area contributed by atoms with Gasteiger partial charge >= 0.3 is 11.9 Å². The van der Waals surface area contributed by atoms with E-state index >= 15 is 0 Å². The summed E-state index contributed by atoms with van der Waals surface area (Å²) in [7, 11) is 0. The molecule has 0 aliphatic heterocycles. The second-order valence-corrected chi connectivity index (χ2v) is 8.19. The number of carbonyl (C=O) groups is 1. The highest BCUT2D eigenvalue weighted by atomic mass is 35.5. The summed E-state index contributed by atoms with van der Waals surface area (Å²) in [5.74, 6) is -0.201. The SMILES string of the molecule is C=CCN(CC=C)C(=O)C(Cl)Cl.CCOc1cc(Oc2ccc(C(F)(F)F)cc2Cl)ccc1[N+](=O)[O-]. The monoisotopic (exact) mass is 568 g/mol. The summed E-state index contributed by atoms with van der Waals surface area (Å²) in [6.07, 6.45) is -1.30. The average molecular weight is 570 g/mol. The highest BCUT2D eigenvalue weighted by molar-refractivity contribution is 6.53. The van der Waals surface area contributed by atoms with Crippen molar-refractivity contribution in [1.29, 1.82) is 0 Å². The Balaban J connectivity index is 0.000000457. The summed E-state index contributed by atoms with van der Waals surface area (Å²) in [5.41, 5.74) is -1.15. The quantitative estimate of drug-likeness (QED) is 0.128. The molecule has 0 atom stereocenters. The molecule has 1 amide bonds. The van der Waals surface area contributed by atoms with Gasteiger partial charge < -0.3 is 14.4 Å². The van der Waals surface area contributed by atoms with Crippen molar-refractivity contribution in [2.45, 2.75) is 17.9 Å². The van der Waals surface area contributed by atoms with Crippen LogP contribution in [0.2, 0.25) is 5.02 Å². The van der Waals surface area contributed by atoms with Crippen LogP contribution in [-0.4, -0.2) is 40.3 Å². The topological polar surface area (TPSA) is 81.9 Å².